The van der Waals surface area contributed by atoms with Crippen LogP contribution in [0.3, 0.4) is 0 Å². The summed E-state index contributed by atoms with van der Waals surface area (Å²) in [4.78, 5) is 16.5. The van der Waals surface area contributed by atoms with Gasteiger partial charge in [0.1, 0.15) is 0 Å². The van der Waals surface area contributed by atoms with Gasteiger partial charge in [0.15, 0.2) is 0 Å². The molecule has 1 aromatic carbocycles. The van der Waals surface area contributed by atoms with E-state index in [2.05, 4.69) is 46.3 Å². The van der Waals surface area contributed by atoms with E-state index in [1.165, 1.54) is 11.3 Å². The van der Waals surface area contributed by atoms with Crippen LogP contribution in [-0.2, 0) is 11.3 Å². The molecule has 5 heteroatoms. The van der Waals surface area contributed by atoms with Crippen molar-refractivity contribution in [2.45, 2.75) is 44.9 Å². The summed E-state index contributed by atoms with van der Waals surface area (Å²) in [6.07, 6.45) is 2.41. The molecule has 0 aliphatic carbocycles. The number of aliphatic hydroxyl groups is 1. The second kappa shape index (κ2) is 7.32. The number of aliphatic hydroxyl groups excluding tert-OH is 1. The molecule has 5 nitrogen and oxygen atoms in total. The molecule has 0 radical (unpaired) electrons. The lowest BCUT2D eigenvalue weighted by molar-refractivity contribution is -0.129. The van der Waals surface area contributed by atoms with Gasteiger partial charge in [0.2, 0.25) is 5.91 Å². The minimum Gasteiger partial charge on any atom is -0.393 e. The van der Waals surface area contributed by atoms with Gasteiger partial charge in [0.25, 0.3) is 0 Å². The molecule has 1 atom stereocenters. The SMILES string of the molecule is CCC1C(=O)NCCN1Cc1ccc(N2CCC(O)CC2)cc1. The summed E-state index contributed by atoms with van der Waals surface area (Å²) in [6.45, 7) is 6.39. The summed E-state index contributed by atoms with van der Waals surface area (Å²) in [6, 6.07) is 8.65. The molecule has 0 saturated carbocycles. The average molecular weight is 317 g/mol. The number of hydrogen-bond donors (Lipinski definition) is 2. The maximum atomic E-state index is 11.9. The molecule has 0 bridgehead atoms. The molecule has 23 heavy (non-hydrogen) atoms. The first-order valence-corrected chi connectivity index (χ1v) is 8.71. The number of carbonyl (C=O) groups is 1. The molecule has 2 fully saturated rings. The van der Waals surface area contributed by atoms with E-state index in [1.54, 1.807) is 0 Å². The highest BCUT2D eigenvalue weighted by Crippen LogP contribution is 2.22. The Balaban J connectivity index is 1.62. The maximum absolute atomic E-state index is 11.9. The Morgan fingerprint density at radius 2 is 1.87 bits per heavy atom. The predicted octanol–water partition coefficient (Wildman–Crippen LogP) is 1.36. The smallest absolute Gasteiger partial charge is 0.237 e. The van der Waals surface area contributed by atoms with Gasteiger partial charge in [-0.25, -0.2) is 0 Å². The van der Waals surface area contributed by atoms with E-state index in [0.717, 1.165) is 52.0 Å². The number of carbonyl (C=O) groups excluding carboxylic acids is 1. The zero-order valence-electron chi connectivity index (χ0n) is 13.9. The average Bonchev–Trinajstić information content (AvgIpc) is 2.57. The number of rotatable bonds is 4. The molecule has 1 aromatic rings. The van der Waals surface area contributed by atoms with Gasteiger partial charge in [-0.15, -0.1) is 0 Å². The van der Waals surface area contributed by atoms with Gasteiger partial charge in [-0.3, -0.25) is 9.69 Å². The zero-order valence-corrected chi connectivity index (χ0v) is 13.9. The molecular formula is C18H27N3O2. The van der Waals surface area contributed by atoms with Crippen molar-refractivity contribution in [1.82, 2.24) is 10.2 Å². The molecule has 2 heterocycles. The van der Waals surface area contributed by atoms with E-state index in [-0.39, 0.29) is 18.1 Å². The van der Waals surface area contributed by atoms with Crippen LogP contribution in [0.2, 0.25) is 0 Å². The van der Waals surface area contributed by atoms with Gasteiger partial charge in [0, 0.05) is 38.4 Å². The Bertz CT molecular complexity index is 524. The van der Waals surface area contributed by atoms with E-state index in [9.17, 15) is 9.90 Å². The van der Waals surface area contributed by atoms with Crippen molar-refractivity contribution >= 4 is 11.6 Å². The molecular weight excluding hydrogens is 290 g/mol. The fraction of sp³-hybridized carbons (Fsp3) is 0.611. The number of benzene rings is 1. The highest BCUT2D eigenvalue weighted by atomic mass is 16.3. The molecule has 2 N–H and O–H groups in total. The van der Waals surface area contributed by atoms with E-state index in [1.807, 2.05) is 0 Å². The van der Waals surface area contributed by atoms with Crippen molar-refractivity contribution in [3.8, 4) is 0 Å². The third-order valence-corrected chi connectivity index (χ3v) is 4.98. The number of nitrogens with zero attached hydrogens (tertiary/aromatic N) is 2. The topological polar surface area (TPSA) is 55.8 Å². The third-order valence-electron chi connectivity index (χ3n) is 4.98. The van der Waals surface area contributed by atoms with Gasteiger partial charge >= 0.3 is 0 Å². The fourth-order valence-electron chi connectivity index (χ4n) is 3.57. The largest absolute Gasteiger partial charge is 0.393 e. The first kappa shape index (κ1) is 16.3. The van der Waals surface area contributed by atoms with Crippen LogP contribution in [0.4, 0.5) is 5.69 Å². The normalized spacial score (nSPS) is 23.8. The van der Waals surface area contributed by atoms with Gasteiger partial charge < -0.3 is 15.3 Å². The van der Waals surface area contributed by atoms with Crippen molar-refractivity contribution < 1.29 is 9.90 Å². The fourth-order valence-corrected chi connectivity index (χ4v) is 3.57. The van der Waals surface area contributed by atoms with E-state index < -0.39 is 0 Å². The standard InChI is InChI=1S/C18H27N3O2/c1-2-17-18(23)19-9-12-21(17)13-14-3-5-15(6-4-14)20-10-7-16(22)8-11-20/h3-6,16-17,22H,2,7-13H2,1H3,(H,19,23). The maximum Gasteiger partial charge on any atom is 0.237 e. The molecule has 126 valence electrons. The summed E-state index contributed by atoms with van der Waals surface area (Å²) < 4.78 is 0. The van der Waals surface area contributed by atoms with E-state index >= 15 is 0 Å². The van der Waals surface area contributed by atoms with Crippen LogP contribution < -0.4 is 10.2 Å². The third kappa shape index (κ3) is 3.85. The second-order valence-corrected chi connectivity index (χ2v) is 6.57. The Hall–Kier alpha value is -1.59. The number of piperazine rings is 1. The molecule has 3 rings (SSSR count). The lowest BCUT2D eigenvalue weighted by Gasteiger charge is -2.34. The van der Waals surface area contributed by atoms with Crippen LogP contribution in [-0.4, -0.2) is 54.2 Å². The van der Waals surface area contributed by atoms with E-state index in [0.29, 0.717) is 0 Å². The highest BCUT2D eigenvalue weighted by Gasteiger charge is 2.27. The van der Waals surface area contributed by atoms with Crippen LogP contribution >= 0.6 is 0 Å². The summed E-state index contributed by atoms with van der Waals surface area (Å²) in [5.74, 6) is 0.155. The van der Waals surface area contributed by atoms with Crippen molar-refractivity contribution in [2.24, 2.45) is 0 Å². The minimum absolute atomic E-state index is 0.00740. The second-order valence-electron chi connectivity index (χ2n) is 6.57. The van der Waals surface area contributed by atoms with Crippen LogP contribution in [0.15, 0.2) is 24.3 Å². The van der Waals surface area contributed by atoms with Crippen LogP contribution in [0, 0.1) is 0 Å². The molecule has 2 aliphatic rings. The van der Waals surface area contributed by atoms with Gasteiger partial charge in [-0.1, -0.05) is 19.1 Å². The van der Waals surface area contributed by atoms with Gasteiger partial charge in [-0.2, -0.15) is 0 Å². The summed E-state index contributed by atoms with van der Waals surface area (Å²) in [5, 5.41) is 12.6. The summed E-state index contributed by atoms with van der Waals surface area (Å²) >= 11 is 0. The molecule has 1 amide bonds. The van der Waals surface area contributed by atoms with Crippen molar-refractivity contribution in [3.05, 3.63) is 29.8 Å². The first-order chi connectivity index (χ1) is 11.2. The lowest BCUT2D eigenvalue weighted by atomic mass is 10.1. The number of nitrogens with one attached hydrogen (secondary N) is 1. The zero-order chi connectivity index (χ0) is 16.2. The Morgan fingerprint density at radius 3 is 2.52 bits per heavy atom. The Kier molecular flexibility index (Phi) is 5.18. The number of hydrogen-bond acceptors (Lipinski definition) is 4. The lowest BCUT2D eigenvalue weighted by Crippen LogP contribution is -2.54. The minimum atomic E-state index is -0.137. The molecule has 0 aromatic heterocycles. The summed E-state index contributed by atoms with van der Waals surface area (Å²) in [7, 11) is 0. The van der Waals surface area contributed by atoms with Gasteiger partial charge in [0.05, 0.1) is 12.1 Å². The highest BCUT2D eigenvalue weighted by molar-refractivity contribution is 5.82. The first-order valence-electron chi connectivity index (χ1n) is 8.71. The molecule has 2 aliphatic heterocycles. The van der Waals surface area contributed by atoms with Crippen molar-refractivity contribution in [3.63, 3.8) is 0 Å². The van der Waals surface area contributed by atoms with Gasteiger partial charge in [-0.05, 0) is 37.0 Å². The van der Waals surface area contributed by atoms with Crippen molar-refractivity contribution in [1.29, 1.82) is 0 Å². The number of piperidine rings is 1. The van der Waals surface area contributed by atoms with Crippen molar-refractivity contribution in [2.75, 3.05) is 31.1 Å². The summed E-state index contributed by atoms with van der Waals surface area (Å²) in [5.41, 5.74) is 2.48. The molecule has 2 saturated heterocycles. The predicted molar refractivity (Wildman–Crippen MR) is 91.4 cm³/mol. The Morgan fingerprint density at radius 1 is 1.17 bits per heavy atom. The van der Waals surface area contributed by atoms with E-state index in [4.69, 9.17) is 0 Å². The number of anilines is 1. The van der Waals surface area contributed by atoms with Crippen LogP contribution in [0.25, 0.3) is 0 Å². The van der Waals surface area contributed by atoms with Crippen LogP contribution in [0.1, 0.15) is 31.7 Å². The number of amides is 1. The Labute approximate surface area is 138 Å². The van der Waals surface area contributed by atoms with Crippen LogP contribution in [0.5, 0.6) is 0 Å². The quantitative estimate of drug-likeness (QED) is 0.880. The monoisotopic (exact) mass is 317 g/mol. The molecule has 0 spiro atoms. The molecule has 1 unspecified atom stereocenters.